The van der Waals surface area contributed by atoms with Gasteiger partial charge in [0.05, 0.1) is 12.7 Å². The minimum absolute atomic E-state index is 0.0574. The number of rotatable bonds is 6. The average Bonchev–Trinajstić information content (AvgIpc) is 3.01. The molecule has 1 aromatic carbocycles. The second-order valence-electron chi connectivity index (χ2n) is 9.62. The van der Waals surface area contributed by atoms with Crippen LogP contribution in [0.4, 0.5) is 0 Å². The lowest BCUT2D eigenvalue weighted by atomic mass is 9.55. The highest BCUT2D eigenvalue weighted by Crippen LogP contribution is 2.62. The summed E-state index contributed by atoms with van der Waals surface area (Å²) in [5.41, 5.74) is 2.60. The van der Waals surface area contributed by atoms with Gasteiger partial charge in [-0.15, -0.1) is 0 Å². The Morgan fingerprint density at radius 2 is 2.00 bits per heavy atom. The zero-order chi connectivity index (χ0) is 20.6. The summed E-state index contributed by atoms with van der Waals surface area (Å²) in [6.07, 6.45) is 8.34. The lowest BCUT2D eigenvalue weighted by molar-refractivity contribution is -0.134. The van der Waals surface area contributed by atoms with Crippen molar-refractivity contribution >= 4 is 5.97 Å². The molecule has 0 radical (unpaired) electrons. The molecule has 4 heteroatoms. The number of esters is 1. The van der Waals surface area contributed by atoms with E-state index in [1.807, 2.05) is 13.0 Å². The van der Waals surface area contributed by atoms with Gasteiger partial charge in [0.1, 0.15) is 11.5 Å². The maximum absolute atomic E-state index is 12.4. The maximum atomic E-state index is 12.4. The summed E-state index contributed by atoms with van der Waals surface area (Å²) >= 11 is 0. The number of fused-ring (bicyclic) bond motifs is 5. The topological polar surface area (TPSA) is 55.8 Å². The first-order valence-electron chi connectivity index (χ1n) is 11.7. The van der Waals surface area contributed by atoms with Gasteiger partial charge < -0.3 is 14.6 Å². The Kier molecular flexibility index (Phi) is 5.92. The predicted octanol–water partition coefficient (Wildman–Crippen LogP) is 5.40. The first-order chi connectivity index (χ1) is 14.0. The second-order valence-corrected chi connectivity index (χ2v) is 9.62. The van der Waals surface area contributed by atoms with Crippen LogP contribution in [0, 0.1) is 17.3 Å². The number of benzene rings is 1. The number of ether oxygens (including phenoxy) is 2. The number of hydrogen-bond donors (Lipinski definition) is 1. The SMILES string of the molecule is CCCOc1cc2c(c(OC(=O)CCC)c1)[C@H]1CC[C@]3(C)[C@@H](O)CC[C@H]3[C@@H]1CC2. The fourth-order valence-corrected chi connectivity index (χ4v) is 6.39. The third kappa shape index (κ3) is 3.69. The Labute approximate surface area is 175 Å². The van der Waals surface area contributed by atoms with E-state index < -0.39 is 0 Å². The van der Waals surface area contributed by atoms with Crippen molar-refractivity contribution in [2.24, 2.45) is 17.3 Å². The van der Waals surface area contributed by atoms with E-state index in [0.717, 1.165) is 62.9 Å². The van der Waals surface area contributed by atoms with Crippen molar-refractivity contribution in [1.29, 1.82) is 0 Å². The van der Waals surface area contributed by atoms with E-state index in [-0.39, 0.29) is 17.5 Å². The Morgan fingerprint density at radius 1 is 1.17 bits per heavy atom. The van der Waals surface area contributed by atoms with Crippen molar-refractivity contribution in [2.45, 2.75) is 90.6 Å². The van der Waals surface area contributed by atoms with Crippen LogP contribution in [0.1, 0.15) is 89.2 Å². The Balaban J connectivity index is 1.69. The smallest absolute Gasteiger partial charge is 0.311 e. The molecule has 2 fully saturated rings. The van der Waals surface area contributed by atoms with Crippen molar-refractivity contribution in [1.82, 2.24) is 0 Å². The molecule has 0 aromatic heterocycles. The molecule has 0 saturated heterocycles. The number of carbonyl (C=O) groups excluding carboxylic acids is 1. The predicted molar refractivity (Wildman–Crippen MR) is 113 cm³/mol. The molecule has 5 atom stereocenters. The van der Waals surface area contributed by atoms with Crippen LogP contribution in [-0.2, 0) is 11.2 Å². The normalized spacial score (nSPS) is 32.8. The Bertz CT molecular complexity index is 757. The summed E-state index contributed by atoms with van der Waals surface area (Å²) in [6.45, 7) is 7.07. The van der Waals surface area contributed by atoms with Gasteiger partial charge in [-0.05, 0) is 86.2 Å². The van der Waals surface area contributed by atoms with Crippen LogP contribution in [0.2, 0.25) is 0 Å². The van der Waals surface area contributed by atoms with Gasteiger partial charge in [0.2, 0.25) is 0 Å². The van der Waals surface area contributed by atoms with Gasteiger partial charge in [-0.25, -0.2) is 0 Å². The average molecular weight is 401 g/mol. The van der Waals surface area contributed by atoms with E-state index >= 15 is 0 Å². The highest BCUT2D eigenvalue weighted by Gasteiger charge is 2.54. The quantitative estimate of drug-likeness (QED) is 0.513. The molecule has 4 nitrogen and oxygen atoms in total. The number of aliphatic hydroxyl groups excluding tert-OH is 1. The maximum Gasteiger partial charge on any atom is 0.311 e. The lowest BCUT2D eigenvalue weighted by Crippen LogP contribution is -2.44. The van der Waals surface area contributed by atoms with E-state index in [0.29, 0.717) is 30.8 Å². The molecule has 1 aromatic rings. The van der Waals surface area contributed by atoms with E-state index in [1.165, 1.54) is 11.1 Å². The first-order valence-corrected chi connectivity index (χ1v) is 11.7. The summed E-state index contributed by atoms with van der Waals surface area (Å²) in [5.74, 6) is 2.96. The molecule has 0 unspecified atom stereocenters. The van der Waals surface area contributed by atoms with Crippen molar-refractivity contribution in [3.8, 4) is 11.5 Å². The molecule has 2 saturated carbocycles. The van der Waals surface area contributed by atoms with Crippen LogP contribution in [0.3, 0.4) is 0 Å². The number of aliphatic hydroxyl groups is 1. The Morgan fingerprint density at radius 3 is 2.76 bits per heavy atom. The van der Waals surface area contributed by atoms with Crippen LogP contribution in [0.25, 0.3) is 0 Å². The third-order valence-electron chi connectivity index (χ3n) is 7.86. The molecule has 3 aliphatic carbocycles. The molecule has 29 heavy (non-hydrogen) atoms. The molecule has 3 aliphatic rings. The summed E-state index contributed by atoms with van der Waals surface area (Å²) in [6, 6.07) is 4.12. The lowest BCUT2D eigenvalue weighted by Gasteiger charge is -2.50. The third-order valence-corrected chi connectivity index (χ3v) is 7.86. The molecule has 0 spiro atoms. The van der Waals surface area contributed by atoms with Crippen molar-refractivity contribution in [3.63, 3.8) is 0 Å². The number of carbonyl (C=O) groups is 1. The van der Waals surface area contributed by atoms with Gasteiger partial charge in [0.25, 0.3) is 0 Å². The zero-order valence-electron chi connectivity index (χ0n) is 18.2. The molecular formula is C25H36O4. The van der Waals surface area contributed by atoms with Crippen LogP contribution < -0.4 is 9.47 Å². The number of aryl methyl sites for hydroxylation is 1. The fraction of sp³-hybridized carbons (Fsp3) is 0.720. The van der Waals surface area contributed by atoms with Gasteiger partial charge in [0.15, 0.2) is 0 Å². The standard InChI is InChI=1S/C25H36O4/c1-4-6-23(27)29-21-15-17(28-13-5-2)14-16-7-8-18-19(24(16)21)11-12-25(3)20(18)9-10-22(25)26/h14-15,18-20,22,26H,4-13H2,1-3H3/t18-,19+,20+,22+,25+/m1/s1. The van der Waals surface area contributed by atoms with Gasteiger partial charge >= 0.3 is 5.97 Å². The van der Waals surface area contributed by atoms with Crippen LogP contribution in [-0.4, -0.2) is 23.8 Å². The van der Waals surface area contributed by atoms with Crippen molar-refractivity contribution in [2.75, 3.05) is 6.61 Å². The van der Waals surface area contributed by atoms with Crippen LogP contribution >= 0.6 is 0 Å². The van der Waals surface area contributed by atoms with E-state index in [2.05, 4.69) is 19.9 Å². The summed E-state index contributed by atoms with van der Waals surface area (Å²) in [7, 11) is 0. The summed E-state index contributed by atoms with van der Waals surface area (Å²) < 4.78 is 11.8. The number of hydrogen-bond acceptors (Lipinski definition) is 4. The minimum Gasteiger partial charge on any atom is -0.493 e. The monoisotopic (exact) mass is 400 g/mol. The highest BCUT2D eigenvalue weighted by molar-refractivity contribution is 5.73. The van der Waals surface area contributed by atoms with Crippen LogP contribution in [0.15, 0.2) is 12.1 Å². The molecule has 0 aliphatic heterocycles. The molecule has 1 N–H and O–H groups in total. The molecule has 0 amide bonds. The fourth-order valence-electron chi connectivity index (χ4n) is 6.39. The summed E-state index contributed by atoms with van der Waals surface area (Å²) in [4.78, 5) is 12.4. The van der Waals surface area contributed by atoms with Gasteiger partial charge in [0, 0.05) is 18.1 Å². The molecule has 4 rings (SSSR count). The van der Waals surface area contributed by atoms with Gasteiger partial charge in [-0.1, -0.05) is 20.8 Å². The largest absolute Gasteiger partial charge is 0.493 e. The summed E-state index contributed by atoms with van der Waals surface area (Å²) in [5, 5.41) is 10.6. The molecule has 160 valence electrons. The molecule has 0 heterocycles. The van der Waals surface area contributed by atoms with E-state index in [4.69, 9.17) is 9.47 Å². The van der Waals surface area contributed by atoms with E-state index in [9.17, 15) is 9.90 Å². The highest BCUT2D eigenvalue weighted by atomic mass is 16.5. The molecular weight excluding hydrogens is 364 g/mol. The van der Waals surface area contributed by atoms with Crippen molar-refractivity contribution < 1.29 is 19.4 Å². The van der Waals surface area contributed by atoms with Crippen LogP contribution in [0.5, 0.6) is 11.5 Å². The minimum atomic E-state index is -0.165. The molecule has 0 bridgehead atoms. The van der Waals surface area contributed by atoms with Gasteiger partial charge in [-0.3, -0.25) is 4.79 Å². The first kappa shape index (κ1) is 20.7. The second kappa shape index (κ2) is 8.29. The van der Waals surface area contributed by atoms with Crippen molar-refractivity contribution in [3.05, 3.63) is 23.3 Å². The van der Waals surface area contributed by atoms with E-state index in [1.54, 1.807) is 0 Å². The van der Waals surface area contributed by atoms with Gasteiger partial charge in [-0.2, -0.15) is 0 Å². The zero-order valence-corrected chi connectivity index (χ0v) is 18.2. The Hall–Kier alpha value is -1.55.